The van der Waals surface area contributed by atoms with Crippen LogP contribution < -0.4 is 14.4 Å². The molecule has 0 atom stereocenters. The topological polar surface area (TPSA) is 62.3 Å². The zero-order valence-electron chi connectivity index (χ0n) is 19.6. The van der Waals surface area contributed by atoms with Crippen molar-refractivity contribution in [3.63, 3.8) is 0 Å². The van der Waals surface area contributed by atoms with Crippen LogP contribution in [0.5, 0.6) is 11.5 Å². The van der Waals surface area contributed by atoms with Crippen molar-refractivity contribution in [1.82, 2.24) is 9.80 Å². The molecular weight excluding hydrogens is 418 g/mol. The van der Waals surface area contributed by atoms with E-state index in [4.69, 9.17) is 9.47 Å². The second-order valence-corrected chi connectivity index (χ2v) is 9.17. The van der Waals surface area contributed by atoms with Gasteiger partial charge in [-0.3, -0.25) is 9.59 Å². The molecule has 3 aliphatic heterocycles. The van der Waals surface area contributed by atoms with Gasteiger partial charge in [0.2, 0.25) is 6.79 Å². The molecule has 1 saturated heterocycles. The van der Waals surface area contributed by atoms with Crippen LogP contribution in [0.2, 0.25) is 0 Å². The molecule has 7 heteroatoms. The number of hydrogen-bond donors (Lipinski definition) is 0. The number of fused-ring (bicyclic) bond motifs is 1. The van der Waals surface area contributed by atoms with Crippen LogP contribution in [0.4, 0.5) is 5.69 Å². The Labute approximate surface area is 194 Å². The molecule has 7 nitrogen and oxygen atoms in total. The van der Waals surface area contributed by atoms with Crippen molar-refractivity contribution < 1.29 is 19.1 Å². The van der Waals surface area contributed by atoms with Gasteiger partial charge in [-0.05, 0) is 70.1 Å². The maximum atomic E-state index is 13.9. The van der Waals surface area contributed by atoms with Gasteiger partial charge in [0.05, 0.1) is 11.3 Å². The molecule has 0 aliphatic carbocycles. The van der Waals surface area contributed by atoms with E-state index in [2.05, 4.69) is 18.0 Å². The standard InChI is InChI=1S/C26H29N3O4/c1-16-5-7-20(17(2)13-16)23-24(28(4)18-9-11-27(3)12-10-18)26(31)29(25(23)30)19-6-8-21-22(14-19)33-15-32-21/h5-8,13-14,18H,9-12,15H2,1-4H3. The molecule has 172 valence electrons. The molecule has 2 aromatic rings. The first-order valence-corrected chi connectivity index (χ1v) is 11.4. The highest BCUT2D eigenvalue weighted by Gasteiger charge is 2.44. The van der Waals surface area contributed by atoms with Gasteiger partial charge in [-0.25, -0.2) is 4.90 Å². The first kappa shape index (κ1) is 21.5. The number of likely N-dealkylation sites (N-methyl/N-ethyl adjacent to an activating group) is 1. The number of anilines is 1. The van der Waals surface area contributed by atoms with Gasteiger partial charge in [0.25, 0.3) is 11.8 Å². The molecule has 0 saturated carbocycles. The molecule has 3 aliphatic rings. The predicted octanol–water partition coefficient (Wildman–Crippen LogP) is 3.34. The number of rotatable bonds is 4. The van der Waals surface area contributed by atoms with Crippen molar-refractivity contribution in [2.24, 2.45) is 0 Å². The van der Waals surface area contributed by atoms with Crippen LogP contribution >= 0.6 is 0 Å². The summed E-state index contributed by atoms with van der Waals surface area (Å²) in [6, 6.07) is 11.4. The number of nitrogens with zero attached hydrogens (tertiary/aromatic N) is 3. The molecular formula is C26H29N3O4. The zero-order valence-corrected chi connectivity index (χ0v) is 19.6. The van der Waals surface area contributed by atoms with Gasteiger partial charge in [0, 0.05) is 19.2 Å². The molecule has 0 spiro atoms. The fourth-order valence-corrected chi connectivity index (χ4v) is 5.01. The molecule has 5 rings (SSSR count). The minimum atomic E-state index is -0.305. The Morgan fingerprint density at radius 3 is 2.39 bits per heavy atom. The van der Waals surface area contributed by atoms with Crippen molar-refractivity contribution >= 4 is 23.1 Å². The molecule has 2 aromatic carbocycles. The second-order valence-electron chi connectivity index (χ2n) is 9.17. The SMILES string of the molecule is Cc1ccc(C2=C(N(C)C3CCN(C)CC3)C(=O)N(c3ccc4c(c3)OCO4)C2=O)c(C)c1. The summed E-state index contributed by atoms with van der Waals surface area (Å²) in [7, 11) is 4.06. The molecule has 33 heavy (non-hydrogen) atoms. The van der Waals surface area contributed by atoms with E-state index >= 15 is 0 Å². The first-order valence-electron chi connectivity index (χ1n) is 11.4. The predicted molar refractivity (Wildman–Crippen MR) is 126 cm³/mol. The monoisotopic (exact) mass is 447 g/mol. The Balaban J connectivity index is 1.59. The number of piperidine rings is 1. The molecule has 1 fully saturated rings. The van der Waals surface area contributed by atoms with Crippen molar-refractivity contribution in [1.29, 1.82) is 0 Å². The van der Waals surface area contributed by atoms with E-state index in [0.717, 1.165) is 42.6 Å². The molecule has 0 N–H and O–H groups in total. The zero-order chi connectivity index (χ0) is 23.3. The number of carbonyl (C=O) groups is 2. The summed E-state index contributed by atoms with van der Waals surface area (Å²) in [6.45, 7) is 6.09. The van der Waals surface area contributed by atoms with Gasteiger partial charge in [0.15, 0.2) is 11.5 Å². The number of likely N-dealkylation sites (tertiary alicyclic amines) is 1. The summed E-state index contributed by atoms with van der Waals surface area (Å²) >= 11 is 0. The number of hydrogen-bond acceptors (Lipinski definition) is 6. The van der Waals surface area contributed by atoms with Crippen LogP contribution in [0.3, 0.4) is 0 Å². The van der Waals surface area contributed by atoms with Crippen LogP contribution in [0.25, 0.3) is 5.57 Å². The Kier molecular flexibility index (Phi) is 5.37. The summed E-state index contributed by atoms with van der Waals surface area (Å²) in [5.74, 6) is 0.554. The van der Waals surface area contributed by atoms with E-state index < -0.39 is 0 Å². The third-order valence-electron chi connectivity index (χ3n) is 6.91. The maximum absolute atomic E-state index is 13.9. The van der Waals surface area contributed by atoms with Gasteiger partial charge >= 0.3 is 0 Å². The van der Waals surface area contributed by atoms with E-state index in [1.807, 2.05) is 37.9 Å². The van der Waals surface area contributed by atoms with Gasteiger partial charge < -0.3 is 19.3 Å². The maximum Gasteiger partial charge on any atom is 0.282 e. The highest BCUT2D eigenvalue weighted by atomic mass is 16.7. The lowest BCUT2D eigenvalue weighted by Crippen LogP contribution is -2.43. The molecule has 0 radical (unpaired) electrons. The average Bonchev–Trinajstić information content (AvgIpc) is 3.35. The largest absolute Gasteiger partial charge is 0.454 e. The van der Waals surface area contributed by atoms with E-state index in [1.54, 1.807) is 18.2 Å². The number of carbonyl (C=O) groups excluding carboxylic acids is 2. The Morgan fingerprint density at radius 2 is 1.67 bits per heavy atom. The Morgan fingerprint density at radius 1 is 0.939 bits per heavy atom. The third kappa shape index (κ3) is 3.66. The lowest BCUT2D eigenvalue weighted by molar-refractivity contribution is -0.120. The summed E-state index contributed by atoms with van der Waals surface area (Å²) in [4.78, 5) is 33.3. The lowest BCUT2D eigenvalue weighted by atomic mass is 9.96. The van der Waals surface area contributed by atoms with Gasteiger partial charge in [-0.2, -0.15) is 0 Å². The quantitative estimate of drug-likeness (QED) is 0.670. The van der Waals surface area contributed by atoms with E-state index in [0.29, 0.717) is 28.5 Å². The van der Waals surface area contributed by atoms with E-state index in [1.165, 1.54) is 4.90 Å². The molecule has 0 aromatic heterocycles. The highest BCUT2D eigenvalue weighted by molar-refractivity contribution is 6.45. The lowest BCUT2D eigenvalue weighted by Gasteiger charge is -2.36. The smallest absolute Gasteiger partial charge is 0.282 e. The van der Waals surface area contributed by atoms with Crippen LogP contribution in [0, 0.1) is 13.8 Å². The van der Waals surface area contributed by atoms with Crippen molar-refractivity contribution in [2.45, 2.75) is 32.7 Å². The first-order chi connectivity index (χ1) is 15.8. The second kappa shape index (κ2) is 8.23. The summed E-state index contributed by atoms with van der Waals surface area (Å²) in [5, 5.41) is 0. The van der Waals surface area contributed by atoms with Gasteiger partial charge in [0.1, 0.15) is 5.70 Å². The Hall–Kier alpha value is -3.32. The van der Waals surface area contributed by atoms with E-state index in [-0.39, 0.29) is 24.6 Å². The van der Waals surface area contributed by atoms with Crippen molar-refractivity contribution in [3.05, 3.63) is 58.8 Å². The summed E-state index contributed by atoms with van der Waals surface area (Å²) in [5.41, 5.74) is 4.33. The third-order valence-corrected chi connectivity index (χ3v) is 6.91. The fraction of sp³-hybridized carbons (Fsp3) is 0.385. The number of benzene rings is 2. The average molecular weight is 448 g/mol. The van der Waals surface area contributed by atoms with E-state index in [9.17, 15) is 9.59 Å². The minimum absolute atomic E-state index is 0.136. The summed E-state index contributed by atoms with van der Waals surface area (Å²) < 4.78 is 10.9. The fourth-order valence-electron chi connectivity index (χ4n) is 5.01. The molecule has 3 heterocycles. The molecule has 0 unspecified atom stereocenters. The van der Waals surface area contributed by atoms with Crippen molar-refractivity contribution in [2.75, 3.05) is 38.9 Å². The van der Waals surface area contributed by atoms with Crippen LogP contribution in [-0.2, 0) is 9.59 Å². The van der Waals surface area contributed by atoms with Crippen LogP contribution in [0.15, 0.2) is 42.1 Å². The van der Waals surface area contributed by atoms with Gasteiger partial charge in [-0.1, -0.05) is 23.8 Å². The molecule has 0 bridgehead atoms. The normalized spacial score (nSPS) is 19.1. The van der Waals surface area contributed by atoms with Crippen molar-refractivity contribution in [3.8, 4) is 11.5 Å². The molecule has 2 amide bonds. The Bertz CT molecular complexity index is 1160. The number of amides is 2. The van der Waals surface area contributed by atoms with Crippen LogP contribution in [0.1, 0.15) is 29.5 Å². The summed E-state index contributed by atoms with van der Waals surface area (Å²) in [6.07, 6.45) is 1.89. The van der Waals surface area contributed by atoms with Gasteiger partial charge in [-0.15, -0.1) is 0 Å². The van der Waals surface area contributed by atoms with Crippen LogP contribution in [-0.4, -0.2) is 61.6 Å². The minimum Gasteiger partial charge on any atom is -0.454 e. The number of imide groups is 1. The number of aryl methyl sites for hydroxylation is 2. The highest BCUT2D eigenvalue weighted by Crippen LogP contribution is 2.41. The number of ether oxygens (including phenoxy) is 2.